The number of rotatable bonds is 6. The molecule has 0 radical (unpaired) electrons. The van der Waals surface area contributed by atoms with Crippen LogP contribution in [0, 0.1) is 22.2 Å². The molecule has 0 amide bonds. The average molecular weight is 329 g/mol. The smallest absolute Gasteiger partial charge is 0.169 e. The predicted octanol–water partition coefficient (Wildman–Crippen LogP) is 4.51. The first kappa shape index (κ1) is 16.7. The zero-order valence-electron chi connectivity index (χ0n) is 14.0. The van der Waals surface area contributed by atoms with Gasteiger partial charge in [0.25, 0.3) is 0 Å². The van der Waals surface area contributed by atoms with Gasteiger partial charge >= 0.3 is 0 Å². The molecule has 0 fully saturated rings. The minimum atomic E-state index is -0.722. The first-order valence-electron chi connectivity index (χ1n) is 8.16. The van der Waals surface area contributed by atoms with Crippen LogP contribution in [0.1, 0.15) is 34.8 Å². The maximum absolute atomic E-state index is 13.2. The minimum absolute atomic E-state index is 0.0152. The zero-order chi connectivity index (χ0) is 17.9. The maximum Gasteiger partial charge on any atom is 0.169 e. The Kier molecular flexibility index (Phi) is 4.49. The fourth-order valence-electron chi connectivity index (χ4n) is 3.21. The summed E-state index contributed by atoms with van der Waals surface area (Å²) in [5.41, 5.74) is 2.43. The molecule has 3 rings (SSSR count). The summed E-state index contributed by atoms with van der Waals surface area (Å²) in [7, 11) is 0. The lowest BCUT2D eigenvalue weighted by Gasteiger charge is -2.27. The Morgan fingerprint density at radius 2 is 2.12 bits per heavy atom. The Morgan fingerprint density at radius 3 is 2.88 bits per heavy atom. The molecule has 25 heavy (non-hydrogen) atoms. The fraction of sp³-hybridized carbons (Fsp3) is 0.190. The highest BCUT2D eigenvalue weighted by Gasteiger charge is 2.33. The van der Waals surface area contributed by atoms with Gasteiger partial charge in [-0.15, -0.1) is 0 Å². The van der Waals surface area contributed by atoms with Gasteiger partial charge in [-0.05, 0) is 61.0 Å². The topological polar surface area (TPSA) is 80.5 Å². The Hall–Kier alpha value is -3.19. The molecule has 0 saturated carbocycles. The van der Waals surface area contributed by atoms with Crippen molar-refractivity contribution < 1.29 is 4.79 Å². The van der Waals surface area contributed by atoms with Gasteiger partial charge in [0.15, 0.2) is 5.78 Å². The van der Waals surface area contributed by atoms with Crippen LogP contribution >= 0.6 is 0 Å². The number of fused-ring (bicyclic) bond motifs is 1. The van der Waals surface area contributed by atoms with Crippen LogP contribution in [0.2, 0.25) is 0 Å². The Morgan fingerprint density at radius 1 is 1.28 bits per heavy atom. The van der Waals surface area contributed by atoms with E-state index < -0.39 is 5.41 Å². The largest absolute Gasteiger partial charge is 0.361 e. The summed E-state index contributed by atoms with van der Waals surface area (Å²) >= 11 is 0. The van der Waals surface area contributed by atoms with Gasteiger partial charge in [-0.25, -0.2) is 0 Å². The summed E-state index contributed by atoms with van der Waals surface area (Å²) in [4.78, 5) is 16.3. The number of hydrogen-bond donors (Lipinski definition) is 2. The summed E-state index contributed by atoms with van der Waals surface area (Å²) in [5, 5.41) is 17.6. The van der Waals surface area contributed by atoms with Gasteiger partial charge < -0.3 is 10.4 Å². The van der Waals surface area contributed by atoms with E-state index in [9.17, 15) is 4.79 Å². The van der Waals surface area contributed by atoms with E-state index in [2.05, 4.69) is 11.1 Å². The average Bonchev–Trinajstić information content (AvgIpc) is 3.09. The van der Waals surface area contributed by atoms with Crippen LogP contribution in [0.4, 0.5) is 0 Å². The molecule has 0 aliphatic rings. The number of nitriles is 1. The molecule has 4 nitrogen and oxygen atoms in total. The Labute approximate surface area is 146 Å². The molecule has 0 aliphatic carbocycles. The molecule has 1 aromatic heterocycles. The van der Waals surface area contributed by atoms with Gasteiger partial charge in [0.05, 0.1) is 11.6 Å². The highest BCUT2D eigenvalue weighted by molar-refractivity contribution is 6.04. The minimum Gasteiger partial charge on any atom is -0.361 e. The van der Waals surface area contributed by atoms with Crippen LogP contribution in [-0.2, 0) is 6.42 Å². The lowest BCUT2D eigenvalue weighted by Crippen LogP contribution is -2.31. The van der Waals surface area contributed by atoms with Crippen molar-refractivity contribution in [2.24, 2.45) is 5.41 Å². The van der Waals surface area contributed by atoms with Crippen molar-refractivity contribution in [1.29, 1.82) is 10.7 Å². The van der Waals surface area contributed by atoms with Gasteiger partial charge in [-0.3, -0.25) is 4.79 Å². The summed E-state index contributed by atoms with van der Waals surface area (Å²) in [6.45, 7) is 1.89. The molecule has 0 spiro atoms. The van der Waals surface area contributed by atoms with E-state index in [-0.39, 0.29) is 5.78 Å². The summed E-state index contributed by atoms with van der Waals surface area (Å²) in [6, 6.07) is 17.0. The highest BCUT2D eigenvalue weighted by Crippen LogP contribution is 2.31. The number of benzene rings is 2. The molecular formula is C21H19N3O. The first-order valence-corrected chi connectivity index (χ1v) is 8.16. The van der Waals surface area contributed by atoms with Gasteiger partial charge in [-0.1, -0.05) is 19.1 Å². The molecule has 0 bridgehead atoms. The van der Waals surface area contributed by atoms with Crippen molar-refractivity contribution in [3.8, 4) is 6.07 Å². The van der Waals surface area contributed by atoms with E-state index in [0.717, 1.165) is 16.5 Å². The van der Waals surface area contributed by atoms with E-state index in [1.165, 1.54) is 6.21 Å². The Balaban J connectivity index is 1.96. The molecule has 0 saturated heterocycles. The Bertz CT molecular complexity index is 980. The number of H-pyrrole nitrogens is 1. The maximum atomic E-state index is 13.2. The predicted molar refractivity (Wildman–Crippen MR) is 99.0 cm³/mol. The lowest BCUT2D eigenvalue weighted by molar-refractivity contribution is 0.0824. The van der Waals surface area contributed by atoms with E-state index in [1.807, 2.05) is 55.6 Å². The molecule has 0 aliphatic heterocycles. The number of hydrogen-bond acceptors (Lipinski definition) is 3. The SMILES string of the molecule is CC(CC=N)(Cc1cccc(C#N)c1)C(=O)c1ccc2[nH]ccc2c1. The molecule has 1 atom stereocenters. The second kappa shape index (κ2) is 6.74. The van der Waals surface area contributed by atoms with Crippen molar-refractivity contribution in [2.45, 2.75) is 19.8 Å². The van der Waals surface area contributed by atoms with E-state index in [4.69, 9.17) is 10.7 Å². The molecular weight excluding hydrogens is 310 g/mol. The van der Waals surface area contributed by atoms with Crippen LogP contribution in [0.25, 0.3) is 10.9 Å². The van der Waals surface area contributed by atoms with Gasteiger partial charge in [-0.2, -0.15) is 5.26 Å². The number of nitrogens with one attached hydrogen (secondary N) is 2. The number of Topliss-reactive ketones (excluding diaryl/α,β-unsaturated/α-hetero) is 1. The van der Waals surface area contributed by atoms with Gasteiger partial charge in [0.1, 0.15) is 0 Å². The van der Waals surface area contributed by atoms with Crippen molar-refractivity contribution in [3.05, 3.63) is 71.4 Å². The number of carbonyl (C=O) groups excluding carboxylic acids is 1. The molecule has 124 valence electrons. The normalized spacial score (nSPS) is 13.1. The van der Waals surface area contributed by atoms with Crippen LogP contribution in [0.15, 0.2) is 54.7 Å². The zero-order valence-corrected chi connectivity index (χ0v) is 14.0. The quantitative estimate of drug-likeness (QED) is 0.515. The lowest BCUT2D eigenvalue weighted by atomic mass is 9.74. The second-order valence-corrected chi connectivity index (χ2v) is 6.57. The third-order valence-corrected chi connectivity index (χ3v) is 4.57. The van der Waals surface area contributed by atoms with E-state index in [0.29, 0.717) is 24.0 Å². The van der Waals surface area contributed by atoms with Crippen LogP contribution < -0.4 is 0 Å². The monoisotopic (exact) mass is 329 g/mol. The van der Waals surface area contributed by atoms with Gasteiger partial charge in [0, 0.05) is 28.1 Å². The standard InChI is InChI=1S/C21H19N3O/c1-21(8-9-22,13-15-3-2-4-16(11-15)14-23)20(25)18-5-6-19-17(12-18)7-10-24-19/h2-7,9-12,22,24H,8,13H2,1H3. The number of aromatic nitrogens is 1. The second-order valence-electron chi connectivity index (χ2n) is 6.57. The third kappa shape index (κ3) is 3.36. The van der Waals surface area contributed by atoms with Gasteiger partial charge in [0.2, 0.25) is 0 Å². The number of ketones is 1. The molecule has 2 N–H and O–H groups in total. The number of nitrogens with zero attached hydrogens (tertiary/aromatic N) is 1. The molecule has 3 aromatic rings. The molecule has 2 aromatic carbocycles. The van der Waals surface area contributed by atoms with E-state index >= 15 is 0 Å². The van der Waals surface area contributed by atoms with Crippen molar-refractivity contribution >= 4 is 22.9 Å². The molecule has 4 heteroatoms. The summed E-state index contributed by atoms with van der Waals surface area (Å²) in [5.74, 6) is 0.0152. The van der Waals surface area contributed by atoms with Crippen molar-refractivity contribution in [2.75, 3.05) is 0 Å². The summed E-state index contributed by atoms with van der Waals surface area (Å²) in [6.07, 6.45) is 3.99. The van der Waals surface area contributed by atoms with E-state index in [1.54, 1.807) is 6.07 Å². The first-order chi connectivity index (χ1) is 12.1. The number of carbonyl (C=O) groups is 1. The highest BCUT2D eigenvalue weighted by atomic mass is 16.1. The van der Waals surface area contributed by atoms with Crippen molar-refractivity contribution in [1.82, 2.24) is 4.98 Å². The summed E-state index contributed by atoms with van der Waals surface area (Å²) < 4.78 is 0. The molecule has 1 unspecified atom stereocenters. The van der Waals surface area contributed by atoms with Crippen LogP contribution in [0.5, 0.6) is 0 Å². The third-order valence-electron chi connectivity index (χ3n) is 4.57. The fourth-order valence-corrected chi connectivity index (χ4v) is 3.21. The molecule has 1 heterocycles. The van der Waals surface area contributed by atoms with Crippen molar-refractivity contribution in [3.63, 3.8) is 0 Å². The van der Waals surface area contributed by atoms with Crippen LogP contribution in [-0.4, -0.2) is 17.0 Å². The van der Waals surface area contributed by atoms with Crippen LogP contribution in [0.3, 0.4) is 0 Å². The number of aromatic amines is 1.